The summed E-state index contributed by atoms with van der Waals surface area (Å²) in [6.07, 6.45) is 2.63. The topological polar surface area (TPSA) is 130 Å². The van der Waals surface area contributed by atoms with Gasteiger partial charge in [-0.25, -0.2) is 0 Å². The molecule has 110 valence electrons. The molecule has 0 amide bonds. The monoisotopic (exact) mass is 345 g/mol. The van der Waals surface area contributed by atoms with Crippen molar-refractivity contribution in [2.24, 2.45) is 0 Å². The molecule has 0 aromatic carbocycles. The minimum absolute atomic E-state index is 0. The number of nitrogens with zero attached hydrogens (tertiary/aromatic N) is 1. The third-order valence-electron chi connectivity index (χ3n) is 2.32. The smallest absolute Gasteiger partial charge is 0.810 e. The average molecular weight is 345 g/mol. The Bertz CT molecular complexity index is 298. The van der Waals surface area contributed by atoms with Crippen molar-refractivity contribution < 1.29 is 87.8 Å². The molecule has 0 aromatic rings. The van der Waals surface area contributed by atoms with Crippen molar-refractivity contribution in [1.82, 2.24) is 4.90 Å². The molecule has 0 saturated heterocycles. The number of hydrogen-bond acceptors (Lipinski definition) is 7. The molecule has 0 aliphatic heterocycles. The molecule has 0 saturated carbocycles. The van der Waals surface area contributed by atoms with Crippen LogP contribution in [0, 0.1) is 0 Å². The summed E-state index contributed by atoms with van der Waals surface area (Å²) in [4.78, 5) is 43.3. The van der Waals surface area contributed by atoms with Crippen molar-refractivity contribution in [3.8, 4) is 0 Å². The fourth-order valence-corrected chi connectivity index (χ4v) is 3.24. The van der Waals surface area contributed by atoms with Crippen LogP contribution in [0.25, 0.3) is 0 Å². The summed E-state index contributed by atoms with van der Waals surface area (Å²) < 4.78 is 21.2. The van der Waals surface area contributed by atoms with Gasteiger partial charge < -0.3 is 28.7 Å². The summed E-state index contributed by atoms with van der Waals surface area (Å²) in [5.74, 6) is 0. The zero-order chi connectivity index (χ0) is 14.2. The Morgan fingerprint density at radius 1 is 0.800 bits per heavy atom. The molecule has 0 atom stereocenters. The van der Waals surface area contributed by atoms with Crippen LogP contribution < -0.4 is 78.7 Å². The van der Waals surface area contributed by atoms with E-state index >= 15 is 0 Å². The zero-order valence-corrected chi connectivity index (χ0v) is 18.2. The molecule has 0 spiro atoms. The van der Waals surface area contributed by atoms with E-state index in [2.05, 4.69) is 0 Å². The molecule has 7 nitrogen and oxygen atoms in total. The third kappa shape index (κ3) is 20.3. The third-order valence-corrected chi connectivity index (χ3v) is 3.82. The predicted molar refractivity (Wildman–Crippen MR) is 60.4 cm³/mol. The fourth-order valence-electron chi connectivity index (χ4n) is 1.62. The van der Waals surface area contributed by atoms with Crippen molar-refractivity contribution >= 4 is 15.2 Å². The van der Waals surface area contributed by atoms with Gasteiger partial charge in [-0.2, -0.15) is 0 Å². The quantitative estimate of drug-likeness (QED) is 0.218. The molecule has 0 heterocycles. The van der Waals surface area contributed by atoms with E-state index in [4.69, 9.17) is 0 Å². The Morgan fingerprint density at radius 2 is 1.20 bits per heavy atom. The second-order valence-corrected chi connectivity index (χ2v) is 7.32. The van der Waals surface area contributed by atoms with Gasteiger partial charge in [0.25, 0.3) is 0 Å². The maximum Gasteiger partial charge on any atom is 1.00 e. The number of unbranched alkanes of at least 4 members (excludes halogenated alkanes) is 4. The van der Waals surface area contributed by atoms with Gasteiger partial charge >= 0.3 is 59.1 Å². The normalized spacial score (nSPS) is 11.9. The predicted octanol–water partition coefficient (Wildman–Crippen LogP) is -6.99. The van der Waals surface area contributed by atoms with Crippen LogP contribution in [0.3, 0.4) is 0 Å². The SMILES string of the molecule is CCCCCCCN(CP(=O)([O-])[O-])CP(=O)([O-])[O-].[Na+].[Na+]. The van der Waals surface area contributed by atoms with E-state index < -0.39 is 27.8 Å². The van der Waals surface area contributed by atoms with Crippen molar-refractivity contribution in [2.45, 2.75) is 39.0 Å². The first-order chi connectivity index (χ1) is 8.14. The maximum absolute atomic E-state index is 10.6. The van der Waals surface area contributed by atoms with Crippen molar-refractivity contribution in [1.29, 1.82) is 0 Å². The molecule has 0 unspecified atom stereocenters. The van der Waals surface area contributed by atoms with Gasteiger partial charge in [0.15, 0.2) is 0 Å². The van der Waals surface area contributed by atoms with Crippen LogP contribution in [0.2, 0.25) is 0 Å². The van der Waals surface area contributed by atoms with Crippen LogP contribution in [-0.4, -0.2) is 24.0 Å². The van der Waals surface area contributed by atoms with E-state index in [1.54, 1.807) is 0 Å². The molecular formula is C9H19NNa2O6P2-2. The Balaban J connectivity index is -0.00000144. The van der Waals surface area contributed by atoms with E-state index in [0.717, 1.165) is 30.6 Å². The van der Waals surface area contributed by atoms with Crippen LogP contribution in [0.1, 0.15) is 39.0 Å². The van der Waals surface area contributed by atoms with Gasteiger partial charge in [0.05, 0.1) is 0 Å². The molecular weight excluding hydrogens is 326 g/mol. The first kappa shape index (κ1) is 27.1. The zero-order valence-electron chi connectivity index (χ0n) is 12.4. The van der Waals surface area contributed by atoms with Gasteiger partial charge in [-0.3, -0.25) is 4.90 Å². The first-order valence-electron chi connectivity index (χ1n) is 5.88. The fraction of sp³-hybridized carbons (Fsp3) is 1.00. The van der Waals surface area contributed by atoms with Crippen molar-refractivity contribution in [2.75, 3.05) is 19.1 Å². The van der Waals surface area contributed by atoms with E-state index in [1.165, 1.54) is 0 Å². The van der Waals surface area contributed by atoms with Gasteiger partial charge in [-0.1, -0.05) is 47.8 Å². The van der Waals surface area contributed by atoms with Crippen LogP contribution >= 0.6 is 15.2 Å². The Hall–Kier alpha value is 2.26. The van der Waals surface area contributed by atoms with Crippen LogP contribution in [0.4, 0.5) is 0 Å². The van der Waals surface area contributed by atoms with E-state index in [1.807, 2.05) is 6.92 Å². The first-order valence-corrected chi connectivity index (χ1v) is 9.34. The Kier molecular flexibility index (Phi) is 18.5. The Labute approximate surface area is 164 Å². The van der Waals surface area contributed by atoms with Gasteiger partial charge in [0, 0.05) is 12.6 Å². The van der Waals surface area contributed by atoms with Crippen molar-refractivity contribution in [3.63, 3.8) is 0 Å². The molecule has 0 aliphatic carbocycles. The number of rotatable bonds is 10. The molecule has 0 aliphatic rings. The van der Waals surface area contributed by atoms with Gasteiger partial charge in [0.1, 0.15) is 0 Å². The van der Waals surface area contributed by atoms with Crippen molar-refractivity contribution in [3.05, 3.63) is 0 Å². The molecule has 20 heavy (non-hydrogen) atoms. The minimum atomic E-state index is -4.84. The summed E-state index contributed by atoms with van der Waals surface area (Å²) >= 11 is 0. The second-order valence-electron chi connectivity index (χ2n) is 4.31. The summed E-state index contributed by atoms with van der Waals surface area (Å²) in [5.41, 5.74) is 0. The van der Waals surface area contributed by atoms with Crippen LogP contribution in [0.15, 0.2) is 0 Å². The van der Waals surface area contributed by atoms with E-state index in [9.17, 15) is 28.7 Å². The van der Waals surface area contributed by atoms with E-state index in [0.29, 0.717) is 6.42 Å². The second kappa shape index (κ2) is 13.7. The van der Waals surface area contributed by atoms with Crippen LogP contribution in [-0.2, 0) is 9.13 Å². The molecule has 0 fully saturated rings. The van der Waals surface area contributed by atoms with Crippen LogP contribution in [0.5, 0.6) is 0 Å². The molecule has 0 radical (unpaired) electrons. The summed E-state index contributed by atoms with van der Waals surface area (Å²) in [5, 5.41) is 0. The average Bonchev–Trinajstić information content (AvgIpc) is 2.12. The van der Waals surface area contributed by atoms with Gasteiger partial charge in [0.2, 0.25) is 0 Å². The molecule has 0 rings (SSSR count). The molecule has 0 N–H and O–H groups in total. The van der Waals surface area contributed by atoms with E-state index in [-0.39, 0.29) is 65.7 Å². The standard InChI is InChI=1S/C9H23NO6P2.2Na/c1-2-3-4-5-6-7-10(8-17(11,12)13)9-18(14,15)16;;/h2-9H2,1H3,(H2,11,12,13)(H2,14,15,16);;/q;2*+1/p-4. The minimum Gasteiger partial charge on any atom is -0.810 e. The molecule has 0 aromatic heterocycles. The Morgan fingerprint density at radius 3 is 1.55 bits per heavy atom. The number of hydrogen-bond donors (Lipinski definition) is 0. The summed E-state index contributed by atoms with van der Waals surface area (Å²) in [7, 11) is -9.68. The van der Waals surface area contributed by atoms with Gasteiger partial charge in [-0.05, 0) is 13.0 Å². The molecule has 11 heteroatoms. The summed E-state index contributed by atoms with van der Waals surface area (Å²) in [6, 6.07) is 0. The summed E-state index contributed by atoms with van der Waals surface area (Å²) in [6.45, 7) is 2.18. The molecule has 0 bridgehead atoms. The van der Waals surface area contributed by atoms with Gasteiger partial charge in [-0.15, -0.1) is 0 Å². The maximum atomic E-state index is 10.6. The largest absolute Gasteiger partial charge is 1.00 e.